The van der Waals surface area contributed by atoms with Gasteiger partial charge in [-0.1, -0.05) is 18.5 Å². The van der Waals surface area contributed by atoms with Crippen molar-refractivity contribution in [3.8, 4) is 0 Å². The Morgan fingerprint density at radius 2 is 2.12 bits per heavy atom. The molecule has 1 N–H and O–H groups in total. The van der Waals surface area contributed by atoms with Gasteiger partial charge in [-0.25, -0.2) is 0 Å². The third-order valence-corrected chi connectivity index (χ3v) is 3.96. The Balaban J connectivity index is 1.75. The molecule has 88 valence electrons. The van der Waals surface area contributed by atoms with Gasteiger partial charge in [0, 0.05) is 5.92 Å². The third-order valence-electron chi connectivity index (χ3n) is 3.96. The lowest BCUT2D eigenvalue weighted by molar-refractivity contribution is 0.238. The normalized spacial score (nSPS) is 31.3. The quantitative estimate of drug-likeness (QED) is 0.833. The summed E-state index contributed by atoms with van der Waals surface area (Å²) in [6.07, 6.45) is 6.27. The molecular weight excluding hydrogens is 202 g/mol. The molecule has 0 amide bonds. The predicted molar refractivity (Wildman–Crippen MR) is 60.0 cm³/mol. The van der Waals surface area contributed by atoms with E-state index >= 15 is 0 Å². The van der Waals surface area contributed by atoms with Gasteiger partial charge in [0.1, 0.15) is 0 Å². The smallest absolute Gasteiger partial charge is 0.244 e. The SMILES string of the molecule is CC1CCCNC1c1nc(C2CCC2)no1. The summed E-state index contributed by atoms with van der Waals surface area (Å²) in [5.41, 5.74) is 0. The second-order valence-corrected chi connectivity index (χ2v) is 5.17. The lowest BCUT2D eigenvalue weighted by Crippen LogP contribution is -2.33. The van der Waals surface area contributed by atoms with Gasteiger partial charge < -0.3 is 9.84 Å². The lowest BCUT2D eigenvalue weighted by Gasteiger charge is -2.27. The van der Waals surface area contributed by atoms with Crippen LogP contribution in [0.15, 0.2) is 4.52 Å². The van der Waals surface area contributed by atoms with Crippen molar-refractivity contribution in [3.63, 3.8) is 0 Å². The molecule has 4 heteroatoms. The Hall–Kier alpha value is -0.900. The van der Waals surface area contributed by atoms with E-state index in [4.69, 9.17) is 4.52 Å². The van der Waals surface area contributed by atoms with Crippen LogP contribution in [-0.4, -0.2) is 16.7 Å². The highest BCUT2D eigenvalue weighted by molar-refractivity contribution is 5.03. The van der Waals surface area contributed by atoms with Gasteiger partial charge in [-0.15, -0.1) is 0 Å². The molecule has 1 aliphatic carbocycles. The number of aromatic nitrogens is 2. The molecule has 1 aliphatic heterocycles. The molecule has 0 radical (unpaired) electrons. The summed E-state index contributed by atoms with van der Waals surface area (Å²) in [7, 11) is 0. The molecule has 0 bridgehead atoms. The fourth-order valence-corrected chi connectivity index (χ4v) is 2.59. The van der Waals surface area contributed by atoms with Crippen molar-refractivity contribution in [1.29, 1.82) is 0 Å². The Bertz CT molecular complexity index is 359. The van der Waals surface area contributed by atoms with E-state index in [1.807, 2.05) is 0 Å². The minimum Gasteiger partial charge on any atom is -0.338 e. The highest BCUT2D eigenvalue weighted by atomic mass is 16.5. The first-order valence-electron chi connectivity index (χ1n) is 6.41. The Labute approximate surface area is 95.8 Å². The van der Waals surface area contributed by atoms with Crippen molar-refractivity contribution < 1.29 is 4.52 Å². The molecule has 2 atom stereocenters. The number of piperidine rings is 1. The van der Waals surface area contributed by atoms with Crippen molar-refractivity contribution in [1.82, 2.24) is 15.5 Å². The summed E-state index contributed by atoms with van der Waals surface area (Å²) in [5, 5.41) is 7.60. The average molecular weight is 221 g/mol. The number of hydrogen-bond acceptors (Lipinski definition) is 4. The van der Waals surface area contributed by atoms with E-state index < -0.39 is 0 Å². The molecule has 0 spiro atoms. The van der Waals surface area contributed by atoms with Crippen molar-refractivity contribution in [2.45, 2.75) is 51.0 Å². The topological polar surface area (TPSA) is 51.0 Å². The van der Waals surface area contributed by atoms with E-state index in [0.717, 1.165) is 18.3 Å². The highest BCUT2D eigenvalue weighted by Gasteiger charge is 2.30. The minimum absolute atomic E-state index is 0.273. The zero-order chi connectivity index (χ0) is 11.0. The molecule has 4 nitrogen and oxygen atoms in total. The summed E-state index contributed by atoms with van der Waals surface area (Å²) in [6, 6.07) is 0.273. The van der Waals surface area contributed by atoms with Crippen LogP contribution in [0.4, 0.5) is 0 Å². The van der Waals surface area contributed by atoms with Crippen LogP contribution in [-0.2, 0) is 0 Å². The van der Waals surface area contributed by atoms with Crippen LogP contribution in [0, 0.1) is 5.92 Å². The number of hydrogen-bond donors (Lipinski definition) is 1. The minimum atomic E-state index is 0.273. The molecule has 16 heavy (non-hydrogen) atoms. The van der Waals surface area contributed by atoms with Crippen LogP contribution in [0.25, 0.3) is 0 Å². The van der Waals surface area contributed by atoms with Crippen LogP contribution in [0.5, 0.6) is 0 Å². The molecule has 2 aliphatic rings. The van der Waals surface area contributed by atoms with Crippen LogP contribution in [0.2, 0.25) is 0 Å². The molecule has 1 aromatic rings. The first-order chi connectivity index (χ1) is 7.84. The van der Waals surface area contributed by atoms with Crippen molar-refractivity contribution in [2.24, 2.45) is 5.92 Å². The van der Waals surface area contributed by atoms with Gasteiger partial charge in [0.15, 0.2) is 5.82 Å². The van der Waals surface area contributed by atoms with Gasteiger partial charge in [-0.05, 0) is 38.1 Å². The molecule has 3 rings (SSSR count). The molecule has 2 fully saturated rings. The zero-order valence-corrected chi connectivity index (χ0v) is 9.78. The summed E-state index contributed by atoms with van der Waals surface area (Å²) in [4.78, 5) is 4.57. The van der Waals surface area contributed by atoms with Gasteiger partial charge in [-0.2, -0.15) is 4.98 Å². The van der Waals surface area contributed by atoms with Gasteiger partial charge in [0.25, 0.3) is 0 Å². The van der Waals surface area contributed by atoms with E-state index in [2.05, 4.69) is 22.4 Å². The summed E-state index contributed by atoms with van der Waals surface area (Å²) < 4.78 is 5.41. The molecule has 1 saturated heterocycles. The molecule has 1 saturated carbocycles. The van der Waals surface area contributed by atoms with Gasteiger partial charge in [-0.3, -0.25) is 0 Å². The highest BCUT2D eigenvalue weighted by Crippen LogP contribution is 2.36. The van der Waals surface area contributed by atoms with Crippen molar-refractivity contribution >= 4 is 0 Å². The summed E-state index contributed by atoms with van der Waals surface area (Å²) in [6.45, 7) is 3.32. The van der Waals surface area contributed by atoms with Gasteiger partial charge in [0.2, 0.25) is 5.89 Å². The lowest BCUT2D eigenvalue weighted by atomic mass is 9.85. The maximum atomic E-state index is 5.41. The number of rotatable bonds is 2. The van der Waals surface area contributed by atoms with Crippen LogP contribution >= 0.6 is 0 Å². The molecule has 1 aromatic heterocycles. The largest absolute Gasteiger partial charge is 0.338 e. The second kappa shape index (κ2) is 4.17. The number of nitrogens with one attached hydrogen (secondary N) is 1. The maximum absolute atomic E-state index is 5.41. The monoisotopic (exact) mass is 221 g/mol. The fourth-order valence-electron chi connectivity index (χ4n) is 2.59. The average Bonchev–Trinajstić information content (AvgIpc) is 2.65. The van der Waals surface area contributed by atoms with Crippen LogP contribution in [0.1, 0.15) is 62.7 Å². The third kappa shape index (κ3) is 1.75. The van der Waals surface area contributed by atoms with Crippen molar-refractivity contribution in [2.75, 3.05) is 6.54 Å². The van der Waals surface area contributed by atoms with E-state index in [9.17, 15) is 0 Å². The second-order valence-electron chi connectivity index (χ2n) is 5.17. The first kappa shape index (κ1) is 10.3. The predicted octanol–water partition coefficient (Wildman–Crippen LogP) is 2.40. The fraction of sp³-hybridized carbons (Fsp3) is 0.833. The molecule has 0 aromatic carbocycles. The Kier molecular flexibility index (Phi) is 2.67. The van der Waals surface area contributed by atoms with Crippen LogP contribution < -0.4 is 5.32 Å². The van der Waals surface area contributed by atoms with Crippen LogP contribution in [0.3, 0.4) is 0 Å². The Morgan fingerprint density at radius 1 is 1.25 bits per heavy atom. The maximum Gasteiger partial charge on any atom is 0.244 e. The first-order valence-corrected chi connectivity index (χ1v) is 6.41. The van der Waals surface area contributed by atoms with E-state index in [-0.39, 0.29) is 6.04 Å². The van der Waals surface area contributed by atoms with E-state index in [1.165, 1.54) is 32.1 Å². The van der Waals surface area contributed by atoms with E-state index in [1.54, 1.807) is 0 Å². The molecule has 2 unspecified atom stereocenters. The van der Waals surface area contributed by atoms with Crippen molar-refractivity contribution in [3.05, 3.63) is 11.7 Å². The summed E-state index contributed by atoms with van der Waals surface area (Å²) in [5.74, 6) is 2.90. The zero-order valence-electron chi connectivity index (χ0n) is 9.78. The summed E-state index contributed by atoms with van der Waals surface area (Å²) >= 11 is 0. The Morgan fingerprint density at radius 3 is 2.81 bits per heavy atom. The van der Waals surface area contributed by atoms with Gasteiger partial charge >= 0.3 is 0 Å². The van der Waals surface area contributed by atoms with E-state index in [0.29, 0.717) is 11.8 Å². The standard InChI is InChI=1S/C12H19N3O/c1-8-4-3-7-13-10(8)12-14-11(15-16-12)9-5-2-6-9/h8-10,13H,2-7H2,1H3. The number of nitrogens with zero attached hydrogens (tertiary/aromatic N) is 2. The van der Waals surface area contributed by atoms with Gasteiger partial charge in [0.05, 0.1) is 6.04 Å². The molecule has 2 heterocycles. The molecular formula is C12H19N3O.